The van der Waals surface area contributed by atoms with Crippen molar-refractivity contribution in [3.8, 4) is 0 Å². The van der Waals surface area contributed by atoms with Crippen molar-refractivity contribution in [1.82, 2.24) is 0 Å². The number of carbonyl (C=O) groups is 1. The van der Waals surface area contributed by atoms with Crippen molar-refractivity contribution in [1.29, 1.82) is 0 Å². The summed E-state index contributed by atoms with van der Waals surface area (Å²) in [5, 5.41) is 63.4. The van der Waals surface area contributed by atoms with Gasteiger partial charge in [-0.25, -0.2) is 0 Å². The highest BCUT2D eigenvalue weighted by Gasteiger charge is 2.61. The molecule has 0 radical (unpaired) electrons. The van der Waals surface area contributed by atoms with Gasteiger partial charge in [0, 0.05) is 11.8 Å². The largest absolute Gasteiger partial charge is 0.393 e. The molecule has 0 bridgehead atoms. The van der Waals surface area contributed by atoms with Crippen molar-refractivity contribution >= 4 is 5.78 Å². The van der Waals surface area contributed by atoms with Crippen LogP contribution in [0.25, 0.3) is 0 Å². The number of rotatable bonds is 5. The molecule has 11 heteroatoms. The molecule has 4 fully saturated rings. The fourth-order valence-electron chi connectivity index (χ4n) is 9.46. The number of allylic oxidation sites excluding steroid dienone is 3. The van der Waals surface area contributed by atoms with Crippen molar-refractivity contribution in [3.63, 3.8) is 0 Å². The molecular weight excluding hydrogens is 560 g/mol. The van der Waals surface area contributed by atoms with Crippen LogP contribution in [0, 0.1) is 28.6 Å². The summed E-state index contributed by atoms with van der Waals surface area (Å²) < 4.78 is 24.1. The Bertz CT molecular complexity index is 1140. The van der Waals surface area contributed by atoms with Gasteiger partial charge in [0.2, 0.25) is 0 Å². The minimum atomic E-state index is -1.61. The first-order valence-corrected chi connectivity index (χ1v) is 15.8. The van der Waals surface area contributed by atoms with Crippen molar-refractivity contribution in [2.45, 2.75) is 134 Å². The number of ketones is 1. The number of fused-ring (bicyclic) bond motifs is 5. The summed E-state index contributed by atoms with van der Waals surface area (Å²) in [4.78, 5) is 12.5. The van der Waals surface area contributed by atoms with Crippen LogP contribution in [0.2, 0.25) is 0 Å². The smallest absolute Gasteiger partial charge is 0.187 e. The molecule has 6 N–H and O–H groups in total. The molecule has 6 rings (SSSR count). The number of carbonyl (C=O) groups excluding carboxylic acids is 1. The zero-order chi connectivity index (χ0) is 31.0. The minimum Gasteiger partial charge on any atom is -0.393 e. The maximum atomic E-state index is 12.5. The first-order valence-electron chi connectivity index (χ1n) is 15.8. The van der Waals surface area contributed by atoms with E-state index >= 15 is 0 Å². The van der Waals surface area contributed by atoms with Gasteiger partial charge in [0.1, 0.15) is 36.6 Å². The molecule has 0 spiro atoms. The van der Waals surface area contributed by atoms with Crippen LogP contribution in [0.3, 0.4) is 0 Å². The van der Waals surface area contributed by atoms with E-state index in [4.69, 9.17) is 18.9 Å². The monoisotopic (exact) mass is 608 g/mol. The van der Waals surface area contributed by atoms with E-state index in [9.17, 15) is 35.4 Å². The van der Waals surface area contributed by atoms with Gasteiger partial charge in [-0.15, -0.1) is 0 Å². The molecule has 2 heterocycles. The number of Topliss-reactive ketones (excluding diaryl/α,β-unsaturated/α-hetero) is 1. The fraction of sp³-hybridized carbons (Fsp3) is 0.844. The third-order valence-electron chi connectivity index (χ3n) is 11.9. The maximum absolute atomic E-state index is 12.5. The molecule has 0 aromatic heterocycles. The lowest BCUT2D eigenvalue weighted by Gasteiger charge is -2.60. The van der Waals surface area contributed by atoms with Gasteiger partial charge >= 0.3 is 0 Å². The highest BCUT2D eigenvalue weighted by atomic mass is 16.8. The molecule has 2 saturated carbocycles. The van der Waals surface area contributed by atoms with E-state index in [1.54, 1.807) is 6.92 Å². The summed E-state index contributed by atoms with van der Waals surface area (Å²) >= 11 is 0. The summed E-state index contributed by atoms with van der Waals surface area (Å²) in [5.74, 6) is 1.05. The number of ether oxygens (including phenoxy) is 4. The van der Waals surface area contributed by atoms with Crippen molar-refractivity contribution in [3.05, 3.63) is 23.3 Å². The van der Waals surface area contributed by atoms with E-state index in [-0.39, 0.29) is 23.7 Å². The summed E-state index contributed by atoms with van der Waals surface area (Å²) in [5.41, 5.74) is 1.49. The molecule has 242 valence electrons. The van der Waals surface area contributed by atoms with E-state index in [0.29, 0.717) is 24.7 Å². The molecule has 0 aromatic rings. The molecule has 43 heavy (non-hydrogen) atoms. The quantitative estimate of drug-likeness (QED) is 0.243. The van der Waals surface area contributed by atoms with Crippen molar-refractivity contribution in [2.75, 3.05) is 6.61 Å². The lowest BCUT2D eigenvalue weighted by molar-refractivity contribution is -0.362. The second kappa shape index (κ2) is 11.5. The summed E-state index contributed by atoms with van der Waals surface area (Å²) in [6, 6.07) is 0. The standard InChI is InChI=1S/C32H48O11/c1-14(33)19-7-8-20-18-6-5-16-11-17(34)12-23(32(16,4)21(18)9-10-31(19,20)3)42-30-28(25(37)22(35)13-40-30)43-29-27(39)26(38)24(36)15(2)41-29/h5,7,15,17-18,20-30,34-39H,6,8-13H2,1-4H3/t15-,17+,18-,20-,21-,22-,23+,24-,25-,26+,27+,28+,29-,30-,31+,32-/m0/s1. The normalized spacial score (nSPS) is 53.3. The first-order chi connectivity index (χ1) is 20.3. The zero-order valence-corrected chi connectivity index (χ0v) is 25.4. The Morgan fingerprint density at radius 3 is 2.40 bits per heavy atom. The Morgan fingerprint density at radius 1 is 0.930 bits per heavy atom. The molecule has 2 saturated heterocycles. The van der Waals surface area contributed by atoms with Gasteiger partial charge in [-0.05, 0) is 74.7 Å². The van der Waals surface area contributed by atoms with Crippen LogP contribution in [-0.4, -0.2) is 111 Å². The van der Waals surface area contributed by atoms with Crippen molar-refractivity contribution in [2.24, 2.45) is 28.6 Å². The van der Waals surface area contributed by atoms with E-state index < -0.39 is 72.9 Å². The predicted octanol–water partition coefficient (Wildman–Crippen LogP) is 0.721. The minimum absolute atomic E-state index is 0.147. The molecule has 0 amide bonds. The van der Waals surface area contributed by atoms with Crippen LogP contribution in [0.4, 0.5) is 0 Å². The predicted molar refractivity (Wildman–Crippen MR) is 151 cm³/mol. The van der Waals surface area contributed by atoms with E-state index in [0.717, 1.165) is 36.8 Å². The van der Waals surface area contributed by atoms with Gasteiger partial charge < -0.3 is 49.6 Å². The van der Waals surface area contributed by atoms with Crippen molar-refractivity contribution < 1.29 is 54.4 Å². The number of hydrogen-bond acceptors (Lipinski definition) is 11. The van der Waals surface area contributed by atoms with Gasteiger partial charge in [0.05, 0.1) is 24.9 Å². The van der Waals surface area contributed by atoms with Crippen LogP contribution >= 0.6 is 0 Å². The number of aliphatic hydroxyl groups is 6. The SMILES string of the molecule is CC(=O)C1=CC[C@H]2[C@@H]3CC=C4C[C@@H](O)C[C@@H](O[C@@H]5OC[C@H](O)[C@H](O)[C@H]5O[C@@H]5O[C@@H](C)[C@H](O)[C@@H](O)[C@H]5O)[C@]4(C)[C@H]3CC[C@]12C. The lowest BCUT2D eigenvalue weighted by Crippen LogP contribution is -2.63. The highest BCUT2D eigenvalue weighted by Crippen LogP contribution is 2.65. The van der Waals surface area contributed by atoms with E-state index in [1.807, 2.05) is 0 Å². The second-order valence-corrected chi connectivity index (χ2v) is 14.3. The topological polar surface area (TPSA) is 175 Å². The van der Waals surface area contributed by atoms with Crippen LogP contribution in [0.5, 0.6) is 0 Å². The molecule has 11 nitrogen and oxygen atoms in total. The first kappa shape index (κ1) is 31.7. The fourth-order valence-corrected chi connectivity index (χ4v) is 9.46. The summed E-state index contributed by atoms with van der Waals surface area (Å²) in [7, 11) is 0. The molecular formula is C32H48O11. The van der Waals surface area contributed by atoms with Crippen LogP contribution in [0.1, 0.15) is 66.2 Å². The highest BCUT2D eigenvalue weighted by molar-refractivity contribution is 5.95. The summed E-state index contributed by atoms with van der Waals surface area (Å²) in [6.45, 7) is 7.40. The molecule has 2 aliphatic heterocycles. The van der Waals surface area contributed by atoms with Gasteiger partial charge in [-0.1, -0.05) is 31.6 Å². The molecule has 6 aliphatic rings. The van der Waals surface area contributed by atoms with Gasteiger partial charge in [0.15, 0.2) is 18.4 Å². The van der Waals surface area contributed by atoms with Gasteiger partial charge in [0.25, 0.3) is 0 Å². The molecule has 0 unspecified atom stereocenters. The van der Waals surface area contributed by atoms with Gasteiger partial charge in [-0.3, -0.25) is 4.79 Å². The average molecular weight is 609 g/mol. The van der Waals surface area contributed by atoms with E-state index in [2.05, 4.69) is 26.0 Å². The second-order valence-electron chi connectivity index (χ2n) is 14.3. The Labute approximate surface area is 252 Å². The maximum Gasteiger partial charge on any atom is 0.187 e. The Kier molecular flexibility index (Phi) is 8.50. The third-order valence-corrected chi connectivity index (χ3v) is 11.9. The van der Waals surface area contributed by atoms with Gasteiger partial charge in [-0.2, -0.15) is 0 Å². The Morgan fingerprint density at radius 2 is 1.67 bits per heavy atom. The zero-order valence-electron chi connectivity index (χ0n) is 25.4. The third kappa shape index (κ3) is 5.08. The summed E-state index contributed by atoms with van der Waals surface area (Å²) in [6.07, 6.45) is -4.28. The Hall–Kier alpha value is -1.25. The lowest BCUT2D eigenvalue weighted by atomic mass is 9.46. The average Bonchev–Trinajstić information content (AvgIpc) is 3.32. The number of hydrogen-bond donors (Lipinski definition) is 6. The van der Waals surface area contributed by atoms with E-state index in [1.165, 1.54) is 6.92 Å². The van der Waals surface area contributed by atoms with Crippen LogP contribution in [-0.2, 0) is 23.7 Å². The molecule has 0 aromatic carbocycles. The molecule has 16 atom stereocenters. The Balaban J connectivity index is 1.27. The van der Waals surface area contributed by atoms with Crippen LogP contribution < -0.4 is 0 Å². The number of aliphatic hydroxyl groups excluding tert-OH is 6. The molecule has 4 aliphatic carbocycles. The van der Waals surface area contributed by atoms with Crippen LogP contribution in [0.15, 0.2) is 23.3 Å².